The molecule has 0 radical (unpaired) electrons. The van der Waals surface area contributed by atoms with Crippen molar-refractivity contribution in [1.82, 2.24) is 0 Å². The van der Waals surface area contributed by atoms with Crippen LogP contribution in [-0.2, 0) is 19.1 Å². The first kappa shape index (κ1) is 42.8. The minimum absolute atomic E-state index is 0.0272. The number of hydrogen-bond acceptors (Lipinski definition) is 4. The first-order valence-electron chi connectivity index (χ1n) is 18.5. The Morgan fingerprint density at radius 2 is 0.762 bits per heavy atom. The number of carbonyl (C=O) groups excluding carboxylic acids is 2. The molecule has 0 aromatic carbocycles. The van der Waals surface area contributed by atoms with E-state index in [0.29, 0.717) is 13.0 Å². The summed E-state index contributed by atoms with van der Waals surface area (Å²) in [5.74, 6) is -0.366. The fourth-order valence-electron chi connectivity index (χ4n) is 5.28. The molecule has 0 aromatic rings. The second-order valence-corrected chi connectivity index (χ2v) is 12.2. The Balaban J connectivity index is 0. The molecular weight excluding hydrogens is 520 g/mol. The quantitative estimate of drug-likeness (QED) is 0.0441. The highest BCUT2D eigenvalue weighted by Crippen LogP contribution is 2.15. The van der Waals surface area contributed by atoms with Gasteiger partial charge in [-0.2, -0.15) is 0 Å². The van der Waals surface area contributed by atoms with Crippen molar-refractivity contribution >= 4 is 11.9 Å². The molecule has 0 saturated heterocycles. The summed E-state index contributed by atoms with van der Waals surface area (Å²) >= 11 is 0. The van der Waals surface area contributed by atoms with Gasteiger partial charge in [-0.1, -0.05) is 194 Å². The van der Waals surface area contributed by atoms with E-state index in [9.17, 15) is 9.59 Å². The van der Waals surface area contributed by atoms with Gasteiger partial charge in [-0.05, 0) is 12.8 Å². The molecule has 0 rings (SSSR count). The summed E-state index contributed by atoms with van der Waals surface area (Å²) in [4.78, 5) is 21.7. The highest BCUT2D eigenvalue weighted by molar-refractivity contribution is 5.80. The molecule has 4 nitrogen and oxygen atoms in total. The third kappa shape index (κ3) is 40.8. The zero-order valence-corrected chi connectivity index (χ0v) is 28.8. The van der Waals surface area contributed by atoms with Gasteiger partial charge in [0.25, 0.3) is 0 Å². The smallest absolute Gasteiger partial charge is 0.329 e. The number of rotatable bonds is 32. The van der Waals surface area contributed by atoms with Crippen LogP contribution in [0.1, 0.15) is 206 Å². The molecule has 0 bridgehead atoms. The van der Waals surface area contributed by atoms with Crippen LogP contribution in [0.4, 0.5) is 0 Å². The monoisotopic (exact) mass is 595 g/mol. The molecule has 0 aliphatic carbocycles. The van der Waals surface area contributed by atoms with E-state index in [1.807, 2.05) is 0 Å². The maximum Gasteiger partial charge on any atom is 0.329 e. The van der Waals surface area contributed by atoms with Crippen LogP contribution in [0.25, 0.3) is 0 Å². The molecule has 0 unspecified atom stereocenters. The van der Waals surface area contributed by atoms with Crippen LogP contribution in [-0.4, -0.2) is 25.7 Å². The van der Waals surface area contributed by atoms with Crippen LogP contribution in [0.3, 0.4) is 0 Å². The van der Waals surface area contributed by atoms with Crippen molar-refractivity contribution in [3.05, 3.63) is 12.7 Å². The molecule has 0 saturated carbocycles. The maximum atomic E-state index is 11.9. The van der Waals surface area contributed by atoms with E-state index >= 15 is 0 Å². The third-order valence-electron chi connectivity index (χ3n) is 8.11. The van der Waals surface area contributed by atoms with Gasteiger partial charge in [0.15, 0.2) is 0 Å². The average Bonchev–Trinajstić information content (AvgIpc) is 3.00. The van der Waals surface area contributed by atoms with E-state index in [4.69, 9.17) is 4.74 Å². The minimum Gasteiger partial charge on any atom is -0.466 e. The van der Waals surface area contributed by atoms with Gasteiger partial charge in [0, 0.05) is 12.5 Å². The van der Waals surface area contributed by atoms with E-state index in [1.54, 1.807) is 0 Å². The topological polar surface area (TPSA) is 52.6 Å². The number of hydrogen-bond donors (Lipinski definition) is 0. The number of esters is 2. The SMILES string of the molecule is C=CC(=O)OC.CCCCCCCCCCCCCCCCCC(=O)OCCCCCCCCCCCCCCCC. The predicted molar refractivity (Wildman–Crippen MR) is 183 cm³/mol. The van der Waals surface area contributed by atoms with Gasteiger partial charge in [0.2, 0.25) is 0 Å². The van der Waals surface area contributed by atoms with Crippen LogP contribution in [0, 0.1) is 0 Å². The van der Waals surface area contributed by atoms with Gasteiger partial charge >= 0.3 is 11.9 Å². The van der Waals surface area contributed by atoms with Crippen molar-refractivity contribution in [2.45, 2.75) is 206 Å². The Morgan fingerprint density at radius 3 is 1.02 bits per heavy atom. The maximum absolute atomic E-state index is 11.9. The van der Waals surface area contributed by atoms with Crippen molar-refractivity contribution in [3.8, 4) is 0 Å². The van der Waals surface area contributed by atoms with Crippen LogP contribution in [0.2, 0.25) is 0 Å². The molecule has 0 fully saturated rings. The first-order chi connectivity index (χ1) is 20.6. The van der Waals surface area contributed by atoms with Gasteiger partial charge in [0.05, 0.1) is 13.7 Å². The summed E-state index contributed by atoms with van der Waals surface area (Å²) in [5.41, 5.74) is 0. The normalized spacial score (nSPS) is 10.6. The third-order valence-corrected chi connectivity index (χ3v) is 8.11. The zero-order valence-electron chi connectivity index (χ0n) is 28.8. The van der Waals surface area contributed by atoms with Crippen molar-refractivity contribution in [1.29, 1.82) is 0 Å². The summed E-state index contributed by atoms with van der Waals surface area (Å²) in [6.45, 7) is 8.37. The fourth-order valence-corrected chi connectivity index (χ4v) is 5.28. The molecule has 0 aliphatic rings. The molecule has 0 atom stereocenters. The average molecular weight is 595 g/mol. The lowest BCUT2D eigenvalue weighted by Gasteiger charge is -2.06. The van der Waals surface area contributed by atoms with Gasteiger partial charge in [0.1, 0.15) is 0 Å². The van der Waals surface area contributed by atoms with Crippen molar-refractivity contribution in [3.63, 3.8) is 0 Å². The summed E-state index contributed by atoms with van der Waals surface area (Å²) in [5, 5.41) is 0. The molecule has 250 valence electrons. The molecule has 0 aromatic heterocycles. The number of ether oxygens (including phenoxy) is 2. The summed E-state index contributed by atoms with van der Waals surface area (Å²) in [6, 6.07) is 0. The van der Waals surface area contributed by atoms with Gasteiger partial charge in [-0.25, -0.2) is 4.79 Å². The molecule has 0 heterocycles. The lowest BCUT2D eigenvalue weighted by atomic mass is 10.0. The standard InChI is InChI=1S/C34H68O2.C4H6O2/c1-3-5-7-9-11-13-15-17-19-20-22-24-26-28-30-32-34(35)36-33-31-29-27-25-23-21-18-16-14-12-10-8-6-4-2;1-3-4(5)6-2/h3-33H2,1-2H3;3H,1H2,2H3. The number of unbranched alkanes of at least 4 members (excludes halogenated alkanes) is 27. The van der Waals surface area contributed by atoms with Gasteiger partial charge in [-0.3, -0.25) is 4.79 Å². The fraction of sp³-hybridized carbons (Fsp3) is 0.895. The van der Waals surface area contributed by atoms with Crippen LogP contribution >= 0.6 is 0 Å². The van der Waals surface area contributed by atoms with Gasteiger partial charge < -0.3 is 9.47 Å². The number of carbonyl (C=O) groups is 2. The second-order valence-electron chi connectivity index (χ2n) is 12.2. The Bertz CT molecular complexity index is 509. The molecular formula is C38H74O4. The highest BCUT2D eigenvalue weighted by Gasteiger charge is 2.03. The summed E-state index contributed by atoms with van der Waals surface area (Å²) in [7, 11) is 1.31. The Hall–Kier alpha value is -1.32. The van der Waals surface area contributed by atoms with E-state index in [2.05, 4.69) is 25.2 Å². The van der Waals surface area contributed by atoms with E-state index in [1.165, 1.54) is 180 Å². The molecule has 0 N–H and O–H groups in total. The lowest BCUT2D eigenvalue weighted by Crippen LogP contribution is -2.05. The Kier molecular flexibility index (Phi) is 40.4. The minimum atomic E-state index is -0.394. The van der Waals surface area contributed by atoms with E-state index in [0.717, 1.165) is 18.9 Å². The van der Waals surface area contributed by atoms with Crippen molar-refractivity contribution < 1.29 is 19.1 Å². The predicted octanol–water partition coefficient (Wildman–Crippen LogP) is 12.6. The van der Waals surface area contributed by atoms with Crippen molar-refractivity contribution in [2.24, 2.45) is 0 Å². The largest absolute Gasteiger partial charge is 0.466 e. The molecule has 0 amide bonds. The van der Waals surface area contributed by atoms with Crippen molar-refractivity contribution in [2.75, 3.05) is 13.7 Å². The Labute approximate surface area is 263 Å². The first-order valence-corrected chi connectivity index (χ1v) is 18.5. The molecule has 0 spiro atoms. The molecule has 4 heteroatoms. The van der Waals surface area contributed by atoms with Crippen LogP contribution in [0.5, 0.6) is 0 Å². The summed E-state index contributed by atoms with van der Waals surface area (Å²) in [6.07, 6.45) is 41.2. The zero-order chi connectivity index (χ0) is 31.2. The summed E-state index contributed by atoms with van der Waals surface area (Å²) < 4.78 is 9.57. The van der Waals surface area contributed by atoms with Crippen LogP contribution < -0.4 is 0 Å². The van der Waals surface area contributed by atoms with Gasteiger partial charge in [-0.15, -0.1) is 0 Å². The highest BCUT2D eigenvalue weighted by atomic mass is 16.5. The van der Waals surface area contributed by atoms with Crippen LogP contribution in [0.15, 0.2) is 12.7 Å². The van der Waals surface area contributed by atoms with E-state index < -0.39 is 5.97 Å². The Morgan fingerprint density at radius 1 is 0.476 bits per heavy atom. The molecule has 0 aliphatic heterocycles. The van der Waals surface area contributed by atoms with E-state index in [-0.39, 0.29) is 5.97 Å². The second kappa shape index (κ2) is 39.7. The lowest BCUT2D eigenvalue weighted by molar-refractivity contribution is -0.144. The number of methoxy groups -OCH3 is 1. The molecule has 42 heavy (non-hydrogen) atoms.